The number of para-hydroxylation sites is 2. The van der Waals surface area contributed by atoms with Gasteiger partial charge >= 0.3 is 0 Å². The molecule has 1 aromatic heterocycles. The highest BCUT2D eigenvalue weighted by Crippen LogP contribution is 2.34. The minimum atomic E-state index is -0.408. The number of benzene rings is 2. The van der Waals surface area contributed by atoms with Crippen LogP contribution in [0.1, 0.15) is 11.9 Å². The van der Waals surface area contributed by atoms with Crippen molar-refractivity contribution < 1.29 is 13.9 Å². The summed E-state index contributed by atoms with van der Waals surface area (Å²) in [4.78, 5) is 0. The fourth-order valence-electron chi connectivity index (χ4n) is 2.30. The van der Waals surface area contributed by atoms with Crippen LogP contribution in [0.3, 0.4) is 0 Å². The van der Waals surface area contributed by atoms with Crippen LogP contribution in [0.5, 0.6) is 0 Å². The van der Waals surface area contributed by atoms with Crippen LogP contribution < -0.4 is 0 Å². The zero-order chi connectivity index (χ0) is 12.5. The summed E-state index contributed by atoms with van der Waals surface area (Å²) in [6, 6.07) is 14.0. The van der Waals surface area contributed by atoms with Gasteiger partial charge < -0.3 is 13.9 Å². The second kappa shape index (κ2) is 4.44. The van der Waals surface area contributed by atoms with Gasteiger partial charge in [-0.1, -0.05) is 36.4 Å². The zero-order valence-electron chi connectivity index (χ0n) is 10.3. The molecule has 3 nitrogen and oxygen atoms in total. The molecular weight excluding hydrogens is 228 g/mol. The van der Waals surface area contributed by atoms with E-state index in [0.29, 0.717) is 0 Å². The standard InChI is InChI=1S/C15H14O3/c1-16-15(17-2)12-8-5-7-11-10-6-3-4-9-13(10)18-14(11)12/h3-9,15H,1-2H3. The Bertz CT molecular complexity index is 680. The molecule has 0 aliphatic heterocycles. The lowest BCUT2D eigenvalue weighted by Crippen LogP contribution is -2.03. The molecular formula is C15H14O3. The van der Waals surface area contributed by atoms with Crippen molar-refractivity contribution in [3.63, 3.8) is 0 Å². The number of hydrogen-bond donors (Lipinski definition) is 0. The molecule has 0 N–H and O–H groups in total. The van der Waals surface area contributed by atoms with E-state index >= 15 is 0 Å². The van der Waals surface area contributed by atoms with Crippen LogP contribution in [0.15, 0.2) is 46.9 Å². The van der Waals surface area contributed by atoms with Gasteiger partial charge in [-0.15, -0.1) is 0 Å². The van der Waals surface area contributed by atoms with Crippen molar-refractivity contribution in [1.29, 1.82) is 0 Å². The quantitative estimate of drug-likeness (QED) is 0.653. The monoisotopic (exact) mass is 242 g/mol. The molecule has 3 heteroatoms. The number of methoxy groups -OCH3 is 2. The third-order valence-electron chi connectivity index (χ3n) is 3.12. The van der Waals surface area contributed by atoms with E-state index in [1.54, 1.807) is 14.2 Å². The number of ether oxygens (including phenoxy) is 2. The minimum Gasteiger partial charge on any atom is -0.456 e. The van der Waals surface area contributed by atoms with Crippen LogP contribution in [-0.2, 0) is 9.47 Å². The molecule has 0 bridgehead atoms. The van der Waals surface area contributed by atoms with Gasteiger partial charge in [-0.25, -0.2) is 0 Å². The highest BCUT2D eigenvalue weighted by Gasteiger charge is 2.17. The molecule has 0 saturated heterocycles. The molecule has 0 unspecified atom stereocenters. The molecule has 3 rings (SSSR count). The Morgan fingerprint density at radius 3 is 2.39 bits per heavy atom. The summed E-state index contributed by atoms with van der Waals surface area (Å²) in [6.07, 6.45) is -0.408. The molecule has 2 aromatic carbocycles. The van der Waals surface area contributed by atoms with Gasteiger partial charge in [0.2, 0.25) is 0 Å². The van der Waals surface area contributed by atoms with Crippen LogP contribution in [0.4, 0.5) is 0 Å². The third kappa shape index (κ3) is 1.60. The molecule has 0 radical (unpaired) electrons. The van der Waals surface area contributed by atoms with Gasteiger partial charge in [0.15, 0.2) is 6.29 Å². The van der Waals surface area contributed by atoms with Gasteiger partial charge in [-0.2, -0.15) is 0 Å². The molecule has 0 spiro atoms. The van der Waals surface area contributed by atoms with Crippen LogP contribution in [-0.4, -0.2) is 14.2 Å². The lowest BCUT2D eigenvalue weighted by molar-refractivity contribution is -0.105. The molecule has 0 fully saturated rings. The molecule has 1 heterocycles. The Hall–Kier alpha value is -1.84. The Balaban J connectivity index is 2.34. The van der Waals surface area contributed by atoms with Gasteiger partial charge in [0, 0.05) is 25.0 Å². The number of furan rings is 1. The van der Waals surface area contributed by atoms with Crippen LogP contribution in [0.2, 0.25) is 0 Å². The minimum absolute atomic E-state index is 0.408. The average Bonchev–Trinajstić information content (AvgIpc) is 2.80. The van der Waals surface area contributed by atoms with Crippen molar-refractivity contribution in [2.75, 3.05) is 14.2 Å². The van der Waals surface area contributed by atoms with Crippen molar-refractivity contribution in [2.24, 2.45) is 0 Å². The van der Waals surface area contributed by atoms with E-state index in [0.717, 1.165) is 27.5 Å². The predicted octanol–water partition coefficient (Wildman–Crippen LogP) is 3.88. The molecule has 0 aliphatic carbocycles. The summed E-state index contributed by atoms with van der Waals surface area (Å²) < 4.78 is 16.5. The van der Waals surface area contributed by atoms with Crippen molar-refractivity contribution in [3.8, 4) is 0 Å². The van der Waals surface area contributed by atoms with Crippen LogP contribution in [0.25, 0.3) is 21.9 Å². The summed E-state index contributed by atoms with van der Waals surface area (Å²) in [5.74, 6) is 0. The Kier molecular flexibility index (Phi) is 2.78. The molecule has 92 valence electrons. The Morgan fingerprint density at radius 2 is 1.61 bits per heavy atom. The number of hydrogen-bond acceptors (Lipinski definition) is 3. The molecule has 0 atom stereocenters. The summed E-state index contributed by atoms with van der Waals surface area (Å²) in [7, 11) is 3.24. The molecule has 0 aliphatic rings. The zero-order valence-corrected chi connectivity index (χ0v) is 10.3. The van der Waals surface area contributed by atoms with Crippen molar-refractivity contribution in [2.45, 2.75) is 6.29 Å². The third-order valence-corrected chi connectivity index (χ3v) is 3.12. The van der Waals surface area contributed by atoms with E-state index in [1.165, 1.54) is 0 Å². The fourth-order valence-corrected chi connectivity index (χ4v) is 2.30. The first kappa shape index (κ1) is 11.3. The van der Waals surface area contributed by atoms with Gasteiger partial charge in [0.05, 0.1) is 5.56 Å². The van der Waals surface area contributed by atoms with Gasteiger partial charge in [0.25, 0.3) is 0 Å². The van der Waals surface area contributed by atoms with Crippen LogP contribution >= 0.6 is 0 Å². The maximum atomic E-state index is 5.91. The van der Waals surface area contributed by atoms with Crippen molar-refractivity contribution in [3.05, 3.63) is 48.0 Å². The Labute approximate surface area is 105 Å². The normalized spacial score (nSPS) is 11.7. The molecule has 0 amide bonds. The lowest BCUT2D eigenvalue weighted by atomic mass is 10.1. The van der Waals surface area contributed by atoms with E-state index in [9.17, 15) is 0 Å². The topological polar surface area (TPSA) is 31.6 Å². The van der Waals surface area contributed by atoms with E-state index in [1.807, 2.05) is 36.4 Å². The number of rotatable bonds is 3. The highest BCUT2D eigenvalue weighted by atomic mass is 16.7. The largest absolute Gasteiger partial charge is 0.456 e. The summed E-state index contributed by atoms with van der Waals surface area (Å²) >= 11 is 0. The number of fused-ring (bicyclic) bond motifs is 3. The van der Waals surface area contributed by atoms with E-state index in [4.69, 9.17) is 13.9 Å². The Morgan fingerprint density at radius 1 is 0.889 bits per heavy atom. The van der Waals surface area contributed by atoms with Gasteiger partial charge in [0.1, 0.15) is 11.2 Å². The first-order chi connectivity index (χ1) is 8.85. The second-order valence-electron chi connectivity index (χ2n) is 4.13. The van der Waals surface area contributed by atoms with Crippen LogP contribution in [0, 0.1) is 0 Å². The van der Waals surface area contributed by atoms with Crippen molar-refractivity contribution >= 4 is 21.9 Å². The van der Waals surface area contributed by atoms with Gasteiger partial charge in [-0.3, -0.25) is 0 Å². The maximum Gasteiger partial charge on any atom is 0.186 e. The first-order valence-corrected chi connectivity index (χ1v) is 5.81. The predicted molar refractivity (Wildman–Crippen MR) is 70.5 cm³/mol. The maximum absolute atomic E-state index is 5.91. The molecule has 18 heavy (non-hydrogen) atoms. The first-order valence-electron chi connectivity index (χ1n) is 5.81. The summed E-state index contributed by atoms with van der Waals surface area (Å²) in [5, 5.41) is 2.20. The highest BCUT2D eigenvalue weighted by molar-refractivity contribution is 6.05. The summed E-state index contributed by atoms with van der Waals surface area (Å²) in [5.41, 5.74) is 2.62. The lowest BCUT2D eigenvalue weighted by Gasteiger charge is -2.13. The molecule has 3 aromatic rings. The van der Waals surface area contributed by atoms with E-state index < -0.39 is 6.29 Å². The fraction of sp³-hybridized carbons (Fsp3) is 0.200. The second-order valence-corrected chi connectivity index (χ2v) is 4.13. The smallest absolute Gasteiger partial charge is 0.186 e. The molecule has 0 saturated carbocycles. The van der Waals surface area contributed by atoms with Gasteiger partial charge in [-0.05, 0) is 6.07 Å². The SMILES string of the molecule is COC(OC)c1cccc2c1oc1ccccc12. The van der Waals surface area contributed by atoms with E-state index in [-0.39, 0.29) is 0 Å². The van der Waals surface area contributed by atoms with E-state index in [2.05, 4.69) is 6.07 Å². The summed E-state index contributed by atoms with van der Waals surface area (Å²) in [6.45, 7) is 0. The average molecular weight is 242 g/mol. The van der Waals surface area contributed by atoms with Crippen molar-refractivity contribution in [1.82, 2.24) is 0 Å².